The van der Waals surface area contributed by atoms with Crippen LogP contribution in [0.1, 0.15) is 0 Å². The average Bonchev–Trinajstić information content (AvgIpc) is 3.83. The summed E-state index contributed by atoms with van der Waals surface area (Å²) in [6.45, 7) is 0. The molecule has 8 aromatic carbocycles. The first-order chi connectivity index (χ1) is 26.7. The van der Waals surface area contributed by atoms with Crippen molar-refractivity contribution in [3.05, 3.63) is 170 Å². The number of hydrogen-bond donors (Lipinski definition) is 0. The molecule has 0 atom stereocenters. The zero-order valence-electron chi connectivity index (χ0n) is 28.8. The second-order valence-electron chi connectivity index (χ2n) is 13.5. The van der Waals surface area contributed by atoms with Gasteiger partial charge in [0.15, 0.2) is 17.5 Å². The van der Waals surface area contributed by atoms with Crippen molar-refractivity contribution in [1.29, 1.82) is 0 Å². The van der Waals surface area contributed by atoms with Gasteiger partial charge in [-0.1, -0.05) is 133 Å². The van der Waals surface area contributed by atoms with Crippen LogP contribution >= 0.6 is 11.3 Å². The van der Waals surface area contributed by atoms with E-state index in [0.29, 0.717) is 17.5 Å². The molecule has 0 spiro atoms. The Morgan fingerprint density at radius 3 is 1.89 bits per heavy atom. The van der Waals surface area contributed by atoms with Crippen LogP contribution in [0.25, 0.3) is 110 Å². The number of hydrogen-bond acceptors (Lipinski definition) is 6. The Hall–Kier alpha value is -7.02. The lowest BCUT2D eigenvalue weighted by molar-refractivity contribution is 0.670. The van der Waals surface area contributed by atoms with Crippen molar-refractivity contribution >= 4 is 65.0 Å². The molecule has 6 heteroatoms. The number of nitrogens with zero attached hydrogens (tertiary/aromatic N) is 4. The summed E-state index contributed by atoms with van der Waals surface area (Å²) in [4.78, 5) is 20.5. The molecule has 0 unspecified atom stereocenters. The van der Waals surface area contributed by atoms with Gasteiger partial charge in [0.2, 0.25) is 0 Å². The number of furan rings is 1. The molecule has 0 saturated carbocycles. The van der Waals surface area contributed by atoms with Crippen LogP contribution in [-0.4, -0.2) is 19.9 Å². The zero-order valence-corrected chi connectivity index (χ0v) is 29.6. The molecule has 0 saturated heterocycles. The molecule has 0 fully saturated rings. The fourth-order valence-corrected chi connectivity index (χ4v) is 8.47. The van der Waals surface area contributed by atoms with E-state index in [1.54, 1.807) is 11.3 Å². The van der Waals surface area contributed by atoms with Gasteiger partial charge in [0, 0.05) is 33.5 Å². The summed E-state index contributed by atoms with van der Waals surface area (Å²) in [5.74, 6) is 1.74. The van der Waals surface area contributed by atoms with Crippen molar-refractivity contribution in [2.45, 2.75) is 0 Å². The molecule has 0 radical (unpaired) electrons. The lowest BCUT2D eigenvalue weighted by atomic mass is 9.95. The van der Waals surface area contributed by atoms with Crippen LogP contribution < -0.4 is 0 Å². The van der Waals surface area contributed by atoms with Crippen molar-refractivity contribution in [2.75, 3.05) is 0 Å². The topological polar surface area (TPSA) is 64.7 Å². The van der Waals surface area contributed by atoms with Crippen molar-refractivity contribution in [3.63, 3.8) is 0 Å². The molecule has 5 nitrogen and oxygen atoms in total. The molecule has 3 heterocycles. The number of benzene rings is 8. The molecule has 252 valence electrons. The van der Waals surface area contributed by atoms with Crippen molar-refractivity contribution < 1.29 is 4.42 Å². The van der Waals surface area contributed by atoms with Gasteiger partial charge in [0.1, 0.15) is 16.2 Å². The van der Waals surface area contributed by atoms with E-state index in [0.717, 1.165) is 86.7 Å². The van der Waals surface area contributed by atoms with Gasteiger partial charge in [-0.05, 0) is 63.0 Å². The summed E-state index contributed by atoms with van der Waals surface area (Å²) >= 11 is 1.69. The normalized spacial score (nSPS) is 11.7. The van der Waals surface area contributed by atoms with Gasteiger partial charge in [0.05, 0.1) is 15.8 Å². The van der Waals surface area contributed by atoms with Gasteiger partial charge >= 0.3 is 0 Å². The monoisotopic (exact) mass is 708 g/mol. The predicted octanol–water partition coefficient (Wildman–Crippen LogP) is 13.0. The van der Waals surface area contributed by atoms with E-state index in [2.05, 4.69) is 140 Å². The highest BCUT2D eigenvalue weighted by Gasteiger charge is 2.20. The molecule has 0 aliphatic rings. The third-order valence-corrected chi connectivity index (χ3v) is 11.2. The molecular weight excluding hydrogens is 681 g/mol. The van der Waals surface area contributed by atoms with Gasteiger partial charge in [-0.25, -0.2) is 19.9 Å². The molecule has 0 aliphatic heterocycles. The molecule has 54 heavy (non-hydrogen) atoms. The highest BCUT2D eigenvalue weighted by molar-refractivity contribution is 7.21. The lowest BCUT2D eigenvalue weighted by Crippen LogP contribution is -2.01. The number of fused-ring (bicyclic) bond motifs is 6. The molecule has 0 amide bonds. The Bertz CT molecular complexity index is 3220. The molecule has 0 bridgehead atoms. The summed E-state index contributed by atoms with van der Waals surface area (Å²) in [6, 6.07) is 58.8. The maximum Gasteiger partial charge on any atom is 0.167 e. The first-order valence-electron chi connectivity index (χ1n) is 17.9. The second-order valence-corrected chi connectivity index (χ2v) is 14.5. The van der Waals surface area contributed by atoms with E-state index in [-0.39, 0.29) is 0 Å². The molecule has 0 aliphatic carbocycles. The van der Waals surface area contributed by atoms with Crippen molar-refractivity contribution in [2.24, 2.45) is 0 Å². The highest BCUT2D eigenvalue weighted by atomic mass is 32.1. The maximum atomic E-state index is 6.71. The predicted molar refractivity (Wildman–Crippen MR) is 222 cm³/mol. The highest BCUT2D eigenvalue weighted by Crippen LogP contribution is 2.40. The Morgan fingerprint density at radius 1 is 0.389 bits per heavy atom. The minimum Gasteiger partial charge on any atom is -0.455 e. The van der Waals surface area contributed by atoms with Gasteiger partial charge in [0.25, 0.3) is 0 Å². The minimum atomic E-state index is 0.550. The third-order valence-electron chi connectivity index (χ3n) is 10.1. The molecule has 11 aromatic rings. The molecule has 3 aromatic heterocycles. The Morgan fingerprint density at radius 2 is 1.06 bits per heavy atom. The van der Waals surface area contributed by atoms with E-state index in [1.165, 1.54) is 5.39 Å². The fraction of sp³-hybridized carbons (Fsp3) is 0. The number of rotatable bonds is 5. The average molecular weight is 709 g/mol. The molecule has 11 rings (SSSR count). The summed E-state index contributed by atoms with van der Waals surface area (Å²) in [7, 11) is 0. The lowest BCUT2D eigenvalue weighted by Gasteiger charge is -2.13. The largest absolute Gasteiger partial charge is 0.455 e. The molecular formula is C48H28N4OS. The van der Waals surface area contributed by atoms with Crippen molar-refractivity contribution in [3.8, 4) is 55.9 Å². The maximum absolute atomic E-state index is 6.71. The van der Waals surface area contributed by atoms with Gasteiger partial charge in [-0.15, -0.1) is 11.3 Å². The smallest absolute Gasteiger partial charge is 0.167 e. The van der Waals surface area contributed by atoms with E-state index in [4.69, 9.17) is 24.4 Å². The van der Waals surface area contributed by atoms with Crippen LogP contribution in [0.4, 0.5) is 0 Å². The standard InChI is InChI=1S/C48H28N4OS/c1-3-13-30(14-4-1)39-26-35(25-33-18-9-10-19-36(33)39)46-50-45(34-23-22-29-12-7-8-17-32(29)24-34)51-47(52-46)38-21-11-20-37-40-27-43-41(28-42(40)53-44(37)38)49-48(54-43)31-15-5-2-6-16-31/h1-28H. The summed E-state index contributed by atoms with van der Waals surface area (Å²) in [6.07, 6.45) is 0. The number of aromatic nitrogens is 4. The minimum absolute atomic E-state index is 0.550. The quantitative estimate of drug-likeness (QED) is 0.178. The van der Waals surface area contributed by atoms with Crippen LogP contribution in [0, 0.1) is 0 Å². The van der Waals surface area contributed by atoms with Crippen LogP contribution in [0.2, 0.25) is 0 Å². The zero-order chi connectivity index (χ0) is 35.6. The Balaban J connectivity index is 1.13. The van der Waals surface area contributed by atoms with Crippen LogP contribution in [0.15, 0.2) is 174 Å². The van der Waals surface area contributed by atoms with Gasteiger partial charge in [-0.2, -0.15) is 0 Å². The Labute approximate surface area is 313 Å². The summed E-state index contributed by atoms with van der Waals surface area (Å²) in [5, 5.41) is 7.61. The SMILES string of the molecule is c1ccc(-c2nc3cc4oc5c(-c6nc(-c7ccc8ccccc8c7)nc(-c7cc(-c8ccccc8)c8ccccc8c7)n6)cccc5c4cc3s2)cc1. The van der Waals surface area contributed by atoms with Gasteiger partial charge < -0.3 is 4.42 Å². The first-order valence-corrected chi connectivity index (χ1v) is 18.7. The number of para-hydroxylation sites is 1. The Kier molecular flexibility index (Phi) is 6.97. The first kappa shape index (κ1) is 30.6. The van der Waals surface area contributed by atoms with Crippen LogP contribution in [-0.2, 0) is 0 Å². The van der Waals surface area contributed by atoms with Crippen LogP contribution in [0.5, 0.6) is 0 Å². The third kappa shape index (κ3) is 5.15. The van der Waals surface area contributed by atoms with E-state index in [1.807, 2.05) is 30.3 Å². The second kappa shape index (κ2) is 12.3. The summed E-state index contributed by atoms with van der Waals surface area (Å²) < 4.78 is 7.82. The van der Waals surface area contributed by atoms with Crippen molar-refractivity contribution in [1.82, 2.24) is 19.9 Å². The van der Waals surface area contributed by atoms with E-state index < -0.39 is 0 Å². The van der Waals surface area contributed by atoms with E-state index >= 15 is 0 Å². The number of thiazole rings is 1. The van der Waals surface area contributed by atoms with E-state index in [9.17, 15) is 0 Å². The fourth-order valence-electron chi connectivity index (χ4n) is 7.48. The van der Waals surface area contributed by atoms with Gasteiger partial charge in [-0.3, -0.25) is 0 Å². The summed E-state index contributed by atoms with van der Waals surface area (Å²) in [5.41, 5.74) is 8.43. The molecule has 0 N–H and O–H groups in total. The van der Waals surface area contributed by atoms with Crippen LogP contribution in [0.3, 0.4) is 0 Å².